The number of rotatable bonds is 3. The summed E-state index contributed by atoms with van der Waals surface area (Å²) in [5, 5.41) is 0. The fourth-order valence-corrected chi connectivity index (χ4v) is 4.68. The van der Waals surface area contributed by atoms with Crippen LogP contribution in [-0.4, -0.2) is 26.9 Å². The molecule has 1 aliphatic carbocycles. The molecule has 0 N–H and O–H groups in total. The number of nitrogens with zero attached hydrogens (tertiary/aromatic N) is 2. The van der Waals surface area contributed by atoms with Crippen molar-refractivity contribution >= 4 is 27.3 Å². The van der Waals surface area contributed by atoms with Gasteiger partial charge in [0.15, 0.2) is 0 Å². The summed E-state index contributed by atoms with van der Waals surface area (Å²) in [7, 11) is -3.77. The van der Waals surface area contributed by atoms with Crippen molar-refractivity contribution in [1.29, 1.82) is 0 Å². The molecule has 2 aromatic rings. The first-order valence-electron chi connectivity index (χ1n) is 7.99. The molecule has 6 heteroatoms. The molecule has 2 aliphatic rings. The highest BCUT2D eigenvalue weighted by molar-refractivity contribution is 7.92. The number of amides is 1. The average Bonchev–Trinajstić information content (AvgIpc) is 3.38. The smallest absolute Gasteiger partial charge is 0.264 e. The maximum atomic E-state index is 13.1. The van der Waals surface area contributed by atoms with Crippen molar-refractivity contribution in [3.63, 3.8) is 0 Å². The molecule has 5 nitrogen and oxygen atoms in total. The van der Waals surface area contributed by atoms with E-state index in [2.05, 4.69) is 0 Å². The lowest BCUT2D eigenvalue weighted by Crippen LogP contribution is -2.48. The topological polar surface area (TPSA) is 57.7 Å². The van der Waals surface area contributed by atoms with Gasteiger partial charge in [-0.05, 0) is 49.6 Å². The lowest BCUT2D eigenvalue weighted by molar-refractivity contribution is -0.117. The van der Waals surface area contributed by atoms with Crippen LogP contribution in [-0.2, 0) is 14.8 Å². The van der Waals surface area contributed by atoms with E-state index in [-0.39, 0.29) is 23.4 Å². The lowest BCUT2D eigenvalue weighted by atomic mass is 10.2. The Morgan fingerprint density at radius 1 is 1.00 bits per heavy atom. The third kappa shape index (κ3) is 2.38. The van der Waals surface area contributed by atoms with Gasteiger partial charge in [0.1, 0.15) is 6.54 Å². The second-order valence-corrected chi connectivity index (χ2v) is 8.17. The van der Waals surface area contributed by atoms with E-state index in [0.29, 0.717) is 11.4 Å². The molecule has 1 amide bonds. The Hall–Kier alpha value is -2.34. The van der Waals surface area contributed by atoms with E-state index in [0.717, 1.165) is 18.4 Å². The van der Waals surface area contributed by atoms with Gasteiger partial charge in [-0.2, -0.15) is 0 Å². The van der Waals surface area contributed by atoms with Crippen molar-refractivity contribution in [2.75, 3.05) is 15.7 Å². The first-order valence-corrected chi connectivity index (χ1v) is 9.43. The Morgan fingerprint density at radius 2 is 1.71 bits per heavy atom. The Labute approximate surface area is 141 Å². The highest BCUT2D eigenvalue weighted by Crippen LogP contribution is 2.42. The molecule has 0 spiro atoms. The van der Waals surface area contributed by atoms with Crippen molar-refractivity contribution < 1.29 is 13.2 Å². The standard InChI is InChI=1S/C18H18N2O3S/c1-13-5-4-6-15(11-13)24(22,23)19-12-18(21)20(14-9-10-14)17-8-3-2-7-16(17)19/h2-8,11,14H,9-10,12H2,1H3. The third-order valence-electron chi connectivity index (χ3n) is 4.45. The predicted octanol–water partition coefficient (Wildman–Crippen LogP) is 2.70. The predicted molar refractivity (Wildman–Crippen MR) is 92.7 cm³/mol. The number of carbonyl (C=O) groups is 1. The van der Waals surface area contributed by atoms with Gasteiger partial charge in [0.25, 0.3) is 10.0 Å². The van der Waals surface area contributed by atoms with Crippen molar-refractivity contribution in [3.05, 3.63) is 54.1 Å². The van der Waals surface area contributed by atoms with Crippen LogP contribution in [0.1, 0.15) is 18.4 Å². The quantitative estimate of drug-likeness (QED) is 0.862. The van der Waals surface area contributed by atoms with E-state index < -0.39 is 10.0 Å². The Balaban J connectivity index is 1.83. The molecule has 1 aliphatic heterocycles. The van der Waals surface area contributed by atoms with Crippen molar-refractivity contribution in [3.8, 4) is 0 Å². The largest absolute Gasteiger partial charge is 0.306 e. The van der Waals surface area contributed by atoms with Crippen molar-refractivity contribution in [2.24, 2.45) is 0 Å². The summed E-state index contributed by atoms with van der Waals surface area (Å²) >= 11 is 0. The van der Waals surface area contributed by atoms with Gasteiger partial charge in [-0.3, -0.25) is 9.10 Å². The van der Waals surface area contributed by atoms with E-state index in [1.54, 1.807) is 35.2 Å². The first-order chi connectivity index (χ1) is 11.5. The van der Waals surface area contributed by atoms with Gasteiger partial charge >= 0.3 is 0 Å². The summed E-state index contributed by atoms with van der Waals surface area (Å²) in [6, 6.07) is 14.2. The van der Waals surface area contributed by atoms with E-state index in [9.17, 15) is 13.2 Å². The van der Waals surface area contributed by atoms with Crippen LogP contribution in [0.15, 0.2) is 53.4 Å². The summed E-state index contributed by atoms with van der Waals surface area (Å²) in [6.07, 6.45) is 1.95. The maximum Gasteiger partial charge on any atom is 0.264 e. The van der Waals surface area contributed by atoms with Crippen LogP contribution in [0.4, 0.5) is 11.4 Å². The van der Waals surface area contributed by atoms with Gasteiger partial charge in [0.05, 0.1) is 16.3 Å². The minimum Gasteiger partial charge on any atom is -0.306 e. The number of carbonyl (C=O) groups excluding carboxylic acids is 1. The molecule has 2 aromatic carbocycles. The molecule has 0 bridgehead atoms. The molecular weight excluding hydrogens is 324 g/mol. The van der Waals surface area contributed by atoms with Gasteiger partial charge in [-0.1, -0.05) is 24.3 Å². The summed E-state index contributed by atoms with van der Waals surface area (Å²) < 4.78 is 27.4. The molecule has 1 heterocycles. The normalized spacial score (nSPS) is 17.8. The molecule has 0 atom stereocenters. The zero-order valence-corrected chi connectivity index (χ0v) is 14.2. The Morgan fingerprint density at radius 3 is 2.38 bits per heavy atom. The van der Waals surface area contributed by atoms with E-state index >= 15 is 0 Å². The highest BCUT2D eigenvalue weighted by atomic mass is 32.2. The van der Waals surface area contributed by atoms with Crippen LogP contribution in [0.5, 0.6) is 0 Å². The molecular formula is C18H18N2O3S. The number of aryl methyl sites for hydroxylation is 1. The van der Waals surface area contributed by atoms with Crippen LogP contribution >= 0.6 is 0 Å². The van der Waals surface area contributed by atoms with Crippen LogP contribution in [0.2, 0.25) is 0 Å². The zero-order valence-electron chi connectivity index (χ0n) is 13.3. The molecule has 0 aromatic heterocycles. The fraction of sp³-hybridized carbons (Fsp3) is 0.278. The number of hydrogen-bond acceptors (Lipinski definition) is 3. The second kappa shape index (κ2) is 5.34. The lowest BCUT2D eigenvalue weighted by Gasteiger charge is -2.36. The molecule has 0 unspecified atom stereocenters. The van der Waals surface area contributed by atoms with Gasteiger partial charge in [-0.15, -0.1) is 0 Å². The molecule has 0 radical (unpaired) electrons. The number of para-hydroxylation sites is 2. The highest BCUT2D eigenvalue weighted by Gasteiger charge is 2.42. The minimum atomic E-state index is -3.77. The number of fused-ring (bicyclic) bond motifs is 1. The fourth-order valence-electron chi connectivity index (χ4n) is 3.15. The third-order valence-corrected chi connectivity index (χ3v) is 6.20. The van der Waals surface area contributed by atoms with Crippen molar-refractivity contribution in [2.45, 2.75) is 30.7 Å². The number of benzene rings is 2. The van der Waals surface area contributed by atoms with E-state index in [1.807, 2.05) is 25.1 Å². The second-order valence-electron chi connectivity index (χ2n) is 6.31. The van der Waals surface area contributed by atoms with Crippen LogP contribution in [0, 0.1) is 6.92 Å². The van der Waals surface area contributed by atoms with E-state index in [1.165, 1.54) is 4.31 Å². The number of hydrogen-bond donors (Lipinski definition) is 0. The Kier molecular flexibility index (Phi) is 3.38. The molecule has 0 saturated heterocycles. The molecule has 4 rings (SSSR count). The van der Waals surface area contributed by atoms with Gasteiger partial charge in [0.2, 0.25) is 5.91 Å². The maximum absolute atomic E-state index is 13.1. The van der Waals surface area contributed by atoms with Crippen LogP contribution in [0.25, 0.3) is 0 Å². The monoisotopic (exact) mass is 342 g/mol. The summed E-state index contributed by atoms with van der Waals surface area (Å²) in [5.74, 6) is -0.160. The number of anilines is 2. The van der Waals surface area contributed by atoms with E-state index in [4.69, 9.17) is 0 Å². The zero-order chi connectivity index (χ0) is 16.9. The average molecular weight is 342 g/mol. The first kappa shape index (κ1) is 15.2. The summed E-state index contributed by atoms with van der Waals surface area (Å²) in [4.78, 5) is 14.6. The molecule has 24 heavy (non-hydrogen) atoms. The SMILES string of the molecule is Cc1cccc(S(=O)(=O)N2CC(=O)N(C3CC3)c3ccccc32)c1. The molecule has 124 valence electrons. The van der Waals surface area contributed by atoms with Crippen molar-refractivity contribution in [1.82, 2.24) is 0 Å². The Bertz CT molecular complexity index is 919. The van der Waals surface area contributed by atoms with Gasteiger partial charge in [0, 0.05) is 6.04 Å². The van der Waals surface area contributed by atoms with Gasteiger partial charge < -0.3 is 4.90 Å². The summed E-state index contributed by atoms with van der Waals surface area (Å²) in [6.45, 7) is 1.70. The van der Waals surface area contributed by atoms with Crippen LogP contribution < -0.4 is 9.21 Å². The molecule has 1 saturated carbocycles. The number of sulfonamides is 1. The minimum absolute atomic E-state index is 0.149. The van der Waals surface area contributed by atoms with Gasteiger partial charge in [-0.25, -0.2) is 8.42 Å². The van der Waals surface area contributed by atoms with Crippen LogP contribution in [0.3, 0.4) is 0 Å². The molecule has 1 fully saturated rings. The summed E-state index contributed by atoms with van der Waals surface area (Å²) in [5.41, 5.74) is 2.13.